The molecule has 2 rings (SSSR count). The zero-order valence-electron chi connectivity index (χ0n) is 14.5. The molecule has 5 heteroatoms. The standard InChI is InChI=1S/C18H26N2O3/c1-18(2,3)23-16(22)11-10-15(21)20(4)14-9-5-7-13-8-6-12-19-17(13)14/h6,8,12,14H,5,7,9-11H2,1-4H3/t14-/m1/s1. The Bertz CT molecular complexity index is 578. The number of fused-ring (bicyclic) bond motifs is 1. The average Bonchev–Trinajstić information content (AvgIpc) is 2.49. The lowest BCUT2D eigenvalue weighted by atomic mass is 9.91. The van der Waals surface area contributed by atoms with Crippen molar-refractivity contribution in [3.63, 3.8) is 0 Å². The molecule has 1 atom stereocenters. The summed E-state index contributed by atoms with van der Waals surface area (Å²) >= 11 is 0. The van der Waals surface area contributed by atoms with Gasteiger partial charge in [-0.25, -0.2) is 0 Å². The van der Waals surface area contributed by atoms with Crippen LogP contribution in [0.4, 0.5) is 0 Å². The van der Waals surface area contributed by atoms with Gasteiger partial charge in [-0.05, 0) is 51.7 Å². The number of aryl methyl sites for hydroxylation is 1. The van der Waals surface area contributed by atoms with Crippen LogP contribution >= 0.6 is 0 Å². The van der Waals surface area contributed by atoms with Gasteiger partial charge in [-0.2, -0.15) is 0 Å². The van der Waals surface area contributed by atoms with E-state index in [4.69, 9.17) is 4.74 Å². The summed E-state index contributed by atoms with van der Waals surface area (Å²) in [5.74, 6) is -0.374. The largest absolute Gasteiger partial charge is 0.460 e. The third-order valence-corrected chi connectivity index (χ3v) is 3.99. The summed E-state index contributed by atoms with van der Waals surface area (Å²) in [6, 6.07) is 4.02. The fourth-order valence-corrected chi connectivity index (χ4v) is 2.91. The first-order valence-electron chi connectivity index (χ1n) is 8.19. The van der Waals surface area contributed by atoms with Crippen LogP contribution in [0.5, 0.6) is 0 Å². The molecule has 0 aromatic carbocycles. The van der Waals surface area contributed by atoms with E-state index in [0.29, 0.717) is 0 Å². The Morgan fingerprint density at radius 3 is 2.78 bits per heavy atom. The van der Waals surface area contributed by atoms with Crippen molar-refractivity contribution in [3.8, 4) is 0 Å². The van der Waals surface area contributed by atoms with Crippen LogP contribution in [-0.4, -0.2) is 34.4 Å². The van der Waals surface area contributed by atoms with Crippen molar-refractivity contribution in [1.82, 2.24) is 9.88 Å². The SMILES string of the molecule is CN(C(=O)CCC(=O)OC(C)(C)C)[C@@H]1CCCc2cccnc21. The summed E-state index contributed by atoms with van der Waals surface area (Å²) in [6.07, 6.45) is 5.04. The van der Waals surface area contributed by atoms with Crippen molar-refractivity contribution in [2.45, 2.75) is 64.5 Å². The van der Waals surface area contributed by atoms with Crippen LogP contribution in [0, 0.1) is 0 Å². The van der Waals surface area contributed by atoms with Crippen LogP contribution in [-0.2, 0) is 20.7 Å². The molecule has 0 saturated heterocycles. The molecule has 126 valence electrons. The lowest BCUT2D eigenvalue weighted by Gasteiger charge is -2.32. The summed E-state index contributed by atoms with van der Waals surface area (Å²) in [7, 11) is 1.80. The Hall–Kier alpha value is -1.91. The van der Waals surface area contributed by atoms with Crippen LogP contribution in [0.25, 0.3) is 0 Å². The first kappa shape index (κ1) is 17.4. The maximum absolute atomic E-state index is 12.4. The quantitative estimate of drug-likeness (QED) is 0.801. The average molecular weight is 318 g/mol. The highest BCUT2D eigenvalue weighted by molar-refractivity contribution is 5.81. The van der Waals surface area contributed by atoms with Gasteiger partial charge in [0.05, 0.1) is 18.2 Å². The van der Waals surface area contributed by atoms with Crippen LogP contribution in [0.1, 0.15) is 63.8 Å². The second kappa shape index (κ2) is 7.11. The summed E-state index contributed by atoms with van der Waals surface area (Å²) in [5.41, 5.74) is 1.69. The van der Waals surface area contributed by atoms with Crippen molar-refractivity contribution in [2.24, 2.45) is 0 Å². The molecule has 0 aliphatic heterocycles. The summed E-state index contributed by atoms with van der Waals surface area (Å²) in [5, 5.41) is 0. The van der Waals surface area contributed by atoms with Crippen LogP contribution in [0.15, 0.2) is 18.3 Å². The summed E-state index contributed by atoms with van der Waals surface area (Å²) in [6.45, 7) is 5.47. The molecular formula is C18H26N2O3. The Labute approximate surface area is 138 Å². The van der Waals surface area contributed by atoms with Gasteiger partial charge in [0.2, 0.25) is 5.91 Å². The first-order valence-corrected chi connectivity index (χ1v) is 8.19. The minimum atomic E-state index is -0.516. The molecule has 1 aliphatic carbocycles. The highest BCUT2D eigenvalue weighted by atomic mass is 16.6. The Morgan fingerprint density at radius 1 is 1.35 bits per heavy atom. The monoisotopic (exact) mass is 318 g/mol. The van der Waals surface area contributed by atoms with E-state index in [-0.39, 0.29) is 30.8 Å². The molecule has 0 saturated carbocycles. The molecule has 0 unspecified atom stereocenters. The van der Waals surface area contributed by atoms with Gasteiger partial charge in [0.15, 0.2) is 0 Å². The Balaban J connectivity index is 1.95. The molecule has 0 fully saturated rings. The molecule has 1 aliphatic rings. The van der Waals surface area contributed by atoms with Crippen molar-refractivity contribution < 1.29 is 14.3 Å². The summed E-state index contributed by atoms with van der Waals surface area (Å²) < 4.78 is 5.25. The zero-order chi connectivity index (χ0) is 17.0. The van der Waals surface area contributed by atoms with E-state index in [9.17, 15) is 9.59 Å². The molecule has 0 radical (unpaired) electrons. The Morgan fingerprint density at radius 2 is 2.09 bits per heavy atom. The molecule has 1 heterocycles. The third-order valence-electron chi connectivity index (χ3n) is 3.99. The van der Waals surface area contributed by atoms with Crippen LogP contribution < -0.4 is 0 Å². The normalized spacial score (nSPS) is 17.3. The smallest absolute Gasteiger partial charge is 0.306 e. The van der Waals surface area contributed by atoms with Crippen molar-refractivity contribution >= 4 is 11.9 Å². The molecular weight excluding hydrogens is 292 g/mol. The van der Waals surface area contributed by atoms with E-state index >= 15 is 0 Å². The van der Waals surface area contributed by atoms with Gasteiger partial charge in [0, 0.05) is 19.7 Å². The minimum Gasteiger partial charge on any atom is -0.460 e. The lowest BCUT2D eigenvalue weighted by Crippen LogP contribution is -2.34. The van der Waals surface area contributed by atoms with Gasteiger partial charge in [-0.3, -0.25) is 14.6 Å². The number of carbonyl (C=O) groups is 2. The second-order valence-corrected chi connectivity index (χ2v) is 7.05. The fourth-order valence-electron chi connectivity index (χ4n) is 2.91. The number of rotatable bonds is 4. The molecule has 0 spiro atoms. The van der Waals surface area contributed by atoms with Gasteiger partial charge < -0.3 is 9.64 Å². The number of nitrogens with zero attached hydrogens (tertiary/aromatic N) is 2. The number of amides is 1. The van der Waals surface area contributed by atoms with Crippen molar-refractivity contribution in [3.05, 3.63) is 29.6 Å². The van der Waals surface area contributed by atoms with E-state index in [0.717, 1.165) is 25.0 Å². The zero-order valence-corrected chi connectivity index (χ0v) is 14.5. The number of aromatic nitrogens is 1. The van der Waals surface area contributed by atoms with E-state index in [1.165, 1.54) is 5.56 Å². The fraction of sp³-hybridized carbons (Fsp3) is 0.611. The van der Waals surface area contributed by atoms with Gasteiger partial charge in [-0.15, -0.1) is 0 Å². The number of hydrogen-bond acceptors (Lipinski definition) is 4. The van der Waals surface area contributed by atoms with E-state index in [2.05, 4.69) is 11.1 Å². The molecule has 23 heavy (non-hydrogen) atoms. The Kier molecular flexibility index (Phi) is 5.39. The second-order valence-electron chi connectivity index (χ2n) is 7.05. The van der Waals surface area contributed by atoms with Gasteiger partial charge in [0.1, 0.15) is 5.60 Å². The van der Waals surface area contributed by atoms with Crippen molar-refractivity contribution in [2.75, 3.05) is 7.05 Å². The van der Waals surface area contributed by atoms with E-state index in [1.54, 1.807) is 18.1 Å². The number of ether oxygens (including phenoxy) is 1. The topological polar surface area (TPSA) is 59.5 Å². The number of hydrogen-bond donors (Lipinski definition) is 0. The number of esters is 1. The lowest BCUT2D eigenvalue weighted by molar-refractivity contribution is -0.156. The molecule has 1 aromatic heterocycles. The predicted molar refractivity (Wildman–Crippen MR) is 87.8 cm³/mol. The number of carbonyl (C=O) groups excluding carboxylic acids is 2. The molecule has 1 aromatic rings. The molecule has 0 N–H and O–H groups in total. The van der Waals surface area contributed by atoms with E-state index in [1.807, 2.05) is 26.8 Å². The molecule has 5 nitrogen and oxygen atoms in total. The van der Waals surface area contributed by atoms with Gasteiger partial charge in [0.25, 0.3) is 0 Å². The molecule has 0 bridgehead atoms. The molecule has 1 amide bonds. The highest BCUT2D eigenvalue weighted by Gasteiger charge is 2.28. The third kappa shape index (κ3) is 4.78. The maximum atomic E-state index is 12.4. The van der Waals surface area contributed by atoms with Crippen molar-refractivity contribution in [1.29, 1.82) is 0 Å². The highest BCUT2D eigenvalue weighted by Crippen LogP contribution is 2.32. The minimum absolute atomic E-state index is 0.00564. The first-order chi connectivity index (χ1) is 10.8. The number of pyridine rings is 1. The van der Waals surface area contributed by atoms with Gasteiger partial charge in [-0.1, -0.05) is 6.07 Å². The van der Waals surface area contributed by atoms with Gasteiger partial charge >= 0.3 is 5.97 Å². The predicted octanol–water partition coefficient (Wildman–Crippen LogP) is 3.04. The maximum Gasteiger partial charge on any atom is 0.306 e. The van der Waals surface area contributed by atoms with E-state index < -0.39 is 5.60 Å². The van der Waals surface area contributed by atoms with Crippen LogP contribution in [0.2, 0.25) is 0 Å². The van der Waals surface area contributed by atoms with Crippen LogP contribution in [0.3, 0.4) is 0 Å². The summed E-state index contributed by atoms with van der Waals surface area (Å²) in [4.78, 5) is 30.4.